The van der Waals surface area contributed by atoms with E-state index in [1.54, 1.807) is 0 Å². The minimum absolute atomic E-state index is 0.147. The summed E-state index contributed by atoms with van der Waals surface area (Å²) in [5.41, 5.74) is -3.34. The second-order valence-corrected chi connectivity index (χ2v) is 2.61. The molecule has 0 atom stereocenters. The number of carbonyl (C=O) groups is 1. The van der Waals surface area contributed by atoms with Crippen molar-refractivity contribution in [1.29, 1.82) is 5.26 Å². The smallest absolute Gasteiger partial charge is 0.298 e. The first-order chi connectivity index (χ1) is 7.52. The van der Waals surface area contributed by atoms with Gasteiger partial charge in [0.05, 0.1) is 10.5 Å². The number of carbonyl (C=O) groups excluding carboxylic acids is 1. The van der Waals surface area contributed by atoms with Crippen LogP contribution in [0.1, 0.15) is 28.0 Å². The lowest BCUT2D eigenvalue weighted by Crippen LogP contribution is -2.05. The number of pyridine rings is 1. The Hall–Kier alpha value is -2.43. The van der Waals surface area contributed by atoms with Gasteiger partial charge in [0, 0.05) is 6.20 Å². The summed E-state index contributed by atoms with van der Waals surface area (Å²) < 4.78 is 24.8. The van der Waals surface area contributed by atoms with E-state index in [1.807, 2.05) is 0 Å². The highest BCUT2D eigenvalue weighted by Crippen LogP contribution is 2.30. The topological polar surface area (TPSA) is 96.9 Å². The number of aldehydes is 1. The molecule has 1 heterocycles. The molecule has 8 heteroatoms. The third-order valence-corrected chi connectivity index (χ3v) is 1.74. The van der Waals surface area contributed by atoms with Crippen molar-refractivity contribution in [2.24, 2.45) is 0 Å². The average Bonchev–Trinajstić information content (AvgIpc) is 2.26. The number of nitrogens with zero attached hydrogens (tertiary/aromatic N) is 3. The van der Waals surface area contributed by atoms with Crippen molar-refractivity contribution < 1.29 is 18.5 Å². The van der Waals surface area contributed by atoms with Gasteiger partial charge in [0.15, 0.2) is 12.0 Å². The zero-order valence-corrected chi connectivity index (χ0v) is 7.55. The molecule has 0 N–H and O–H groups in total. The molecule has 82 valence electrons. The van der Waals surface area contributed by atoms with Crippen molar-refractivity contribution in [1.82, 2.24) is 4.98 Å². The first-order valence-electron chi connectivity index (χ1n) is 3.83. The molecular formula is C8H3F2N3O3. The molecule has 1 aromatic rings. The van der Waals surface area contributed by atoms with Crippen molar-refractivity contribution in [3.63, 3.8) is 0 Å². The van der Waals surface area contributed by atoms with Gasteiger partial charge in [-0.1, -0.05) is 0 Å². The Kier molecular flexibility index (Phi) is 3.20. The number of rotatable bonds is 3. The van der Waals surface area contributed by atoms with Crippen LogP contribution in [0.5, 0.6) is 0 Å². The minimum atomic E-state index is -3.19. The predicted octanol–water partition coefficient (Wildman–Crippen LogP) is 1.61. The molecule has 0 unspecified atom stereocenters. The highest BCUT2D eigenvalue weighted by atomic mass is 19.3. The Bertz CT molecular complexity index is 496. The first-order valence-corrected chi connectivity index (χ1v) is 3.83. The minimum Gasteiger partial charge on any atom is -0.298 e. The molecule has 0 aromatic carbocycles. The van der Waals surface area contributed by atoms with Crippen LogP contribution in [0.15, 0.2) is 6.20 Å². The maximum atomic E-state index is 12.4. The van der Waals surface area contributed by atoms with Crippen LogP contribution in [-0.4, -0.2) is 16.2 Å². The summed E-state index contributed by atoms with van der Waals surface area (Å²) in [6.07, 6.45) is -2.33. The molecule has 0 spiro atoms. The van der Waals surface area contributed by atoms with Crippen LogP contribution < -0.4 is 0 Å². The number of halogens is 2. The van der Waals surface area contributed by atoms with Gasteiger partial charge in [-0.05, 0) is 0 Å². The van der Waals surface area contributed by atoms with Gasteiger partial charge in [-0.15, -0.1) is 0 Å². The van der Waals surface area contributed by atoms with E-state index in [4.69, 9.17) is 5.26 Å². The number of alkyl halides is 2. The van der Waals surface area contributed by atoms with E-state index in [1.165, 1.54) is 6.07 Å². The fourth-order valence-corrected chi connectivity index (χ4v) is 1.08. The quantitative estimate of drug-likeness (QED) is 0.443. The van der Waals surface area contributed by atoms with Gasteiger partial charge in [0.25, 0.3) is 6.43 Å². The number of nitriles is 1. The monoisotopic (exact) mass is 227 g/mol. The van der Waals surface area contributed by atoms with Crippen LogP contribution in [0.25, 0.3) is 0 Å². The lowest BCUT2D eigenvalue weighted by Gasteiger charge is -2.03. The van der Waals surface area contributed by atoms with Gasteiger partial charge in [0.2, 0.25) is 0 Å². The lowest BCUT2D eigenvalue weighted by molar-refractivity contribution is -0.386. The van der Waals surface area contributed by atoms with Crippen LogP contribution >= 0.6 is 0 Å². The SMILES string of the molecule is N#Cc1c(C=O)cnc(C(F)F)c1[N+](=O)[O-]. The Morgan fingerprint density at radius 1 is 1.62 bits per heavy atom. The molecule has 6 nitrogen and oxygen atoms in total. The highest BCUT2D eigenvalue weighted by Gasteiger charge is 2.29. The van der Waals surface area contributed by atoms with Gasteiger partial charge < -0.3 is 0 Å². The summed E-state index contributed by atoms with van der Waals surface area (Å²) >= 11 is 0. The number of nitro groups is 1. The average molecular weight is 227 g/mol. The van der Waals surface area contributed by atoms with Crippen LogP contribution in [0.3, 0.4) is 0 Å². The molecular weight excluding hydrogens is 224 g/mol. The van der Waals surface area contributed by atoms with Gasteiger partial charge in [0.1, 0.15) is 11.6 Å². The summed E-state index contributed by atoms with van der Waals surface area (Å²) in [6.45, 7) is 0. The van der Waals surface area contributed by atoms with E-state index < -0.39 is 33.9 Å². The molecule has 1 rings (SSSR count). The second kappa shape index (κ2) is 4.39. The van der Waals surface area contributed by atoms with E-state index in [0.29, 0.717) is 6.20 Å². The molecule has 0 aliphatic heterocycles. The van der Waals surface area contributed by atoms with E-state index in [9.17, 15) is 23.7 Å². The van der Waals surface area contributed by atoms with E-state index in [-0.39, 0.29) is 6.29 Å². The molecule has 0 radical (unpaired) electrons. The molecule has 0 fully saturated rings. The van der Waals surface area contributed by atoms with Crippen LogP contribution in [0, 0.1) is 21.4 Å². The molecule has 16 heavy (non-hydrogen) atoms. The van der Waals surface area contributed by atoms with Crippen LogP contribution in [0.4, 0.5) is 14.5 Å². The molecule has 0 bridgehead atoms. The number of hydrogen-bond donors (Lipinski definition) is 0. The van der Waals surface area contributed by atoms with Crippen LogP contribution in [-0.2, 0) is 0 Å². The Morgan fingerprint density at radius 2 is 2.25 bits per heavy atom. The van der Waals surface area contributed by atoms with E-state index >= 15 is 0 Å². The number of aromatic nitrogens is 1. The fraction of sp³-hybridized carbons (Fsp3) is 0.125. The van der Waals surface area contributed by atoms with Crippen molar-refractivity contribution in [2.45, 2.75) is 6.43 Å². The molecule has 0 amide bonds. The zero-order valence-electron chi connectivity index (χ0n) is 7.55. The molecule has 0 saturated carbocycles. The maximum Gasteiger partial charge on any atom is 0.315 e. The van der Waals surface area contributed by atoms with E-state index in [0.717, 1.165) is 0 Å². The van der Waals surface area contributed by atoms with Gasteiger partial charge in [-0.3, -0.25) is 14.9 Å². The van der Waals surface area contributed by atoms with Crippen molar-refractivity contribution in [2.75, 3.05) is 0 Å². The van der Waals surface area contributed by atoms with Gasteiger partial charge >= 0.3 is 5.69 Å². The maximum absolute atomic E-state index is 12.4. The second-order valence-electron chi connectivity index (χ2n) is 2.61. The first kappa shape index (κ1) is 11.6. The van der Waals surface area contributed by atoms with Gasteiger partial charge in [-0.2, -0.15) is 5.26 Å². The summed E-state index contributed by atoms with van der Waals surface area (Å²) in [4.78, 5) is 22.9. The summed E-state index contributed by atoms with van der Waals surface area (Å²) in [7, 11) is 0. The molecule has 0 saturated heterocycles. The molecule has 0 aliphatic rings. The van der Waals surface area contributed by atoms with Crippen molar-refractivity contribution >= 4 is 12.0 Å². The van der Waals surface area contributed by atoms with Crippen LogP contribution in [0.2, 0.25) is 0 Å². The third-order valence-electron chi connectivity index (χ3n) is 1.74. The normalized spacial score (nSPS) is 9.88. The fourth-order valence-electron chi connectivity index (χ4n) is 1.08. The Labute approximate surface area is 87.3 Å². The predicted molar refractivity (Wildman–Crippen MR) is 46.0 cm³/mol. The molecule has 1 aromatic heterocycles. The zero-order chi connectivity index (χ0) is 12.3. The van der Waals surface area contributed by atoms with Crippen molar-refractivity contribution in [3.05, 3.63) is 33.1 Å². The summed E-state index contributed by atoms with van der Waals surface area (Å²) in [5.74, 6) is 0. The largest absolute Gasteiger partial charge is 0.315 e. The summed E-state index contributed by atoms with van der Waals surface area (Å²) in [5, 5.41) is 19.1. The Balaban J connectivity index is 3.65. The van der Waals surface area contributed by atoms with Crippen molar-refractivity contribution in [3.8, 4) is 6.07 Å². The van der Waals surface area contributed by atoms with E-state index in [2.05, 4.69) is 4.98 Å². The number of hydrogen-bond acceptors (Lipinski definition) is 5. The Morgan fingerprint density at radius 3 is 2.62 bits per heavy atom. The van der Waals surface area contributed by atoms with Gasteiger partial charge in [-0.25, -0.2) is 13.8 Å². The summed E-state index contributed by atoms with van der Waals surface area (Å²) in [6, 6.07) is 1.35. The molecule has 0 aliphatic carbocycles. The third kappa shape index (κ3) is 1.83. The standard InChI is InChI=1S/C8H3F2N3O3/c9-8(10)6-7(13(15)16)5(1-11)4(3-14)2-12-6/h2-3,8H. The lowest BCUT2D eigenvalue weighted by atomic mass is 10.1. The highest BCUT2D eigenvalue weighted by molar-refractivity contribution is 5.81.